The number of hydrogen-bond acceptors (Lipinski definition) is 2. The topological polar surface area (TPSA) is 54.6 Å². The lowest BCUT2D eigenvalue weighted by Crippen LogP contribution is -2.03. The molecule has 0 aliphatic carbocycles. The molecule has 0 spiro atoms. The lowest BCUT2D eigenvalue weighted by molar-refractivity contribution is 0.0689. The fraction of sp³-hybridized carbons (Fsp3) is 0.111. The monoisotopic (exact) mass is 272 g/mol. The number of aromatic carboxylic acids is 1. The van der Waals surface area contributed by atoms with E-state index in [-0.39, 0.29) is 11.3 Å². The molecule has 2 aromatic rings. The highest BCUT2D eigenvalue weighted by atomic mass is 79.9. The number of aromatic nitrogens is 2. The predicted molar refractivity (Wildman–Crippen MR) is 54.5 cm³/mol. The van der Waals surface area contributed by atoms with E-state index in [0.717, 1.165) is 6.20 Å². The molecular weight excluding hydrogens is 267 g/mol. The van der Waals surface area contributed by atoms with Crippen LogP contribution in [0.1, 0.15) is 16.1 Å². The quantitative estimate of drug-likeness (QED) is 0.866. The standard InChI is InChI=1S/C9H6BrFN2O2/c1-4-3-13-5(9(14)15)2-12-8(13)7(11)6(4)10/h2-3H,1H3,(H,14,15). The summed E-state index contributed by atoms with van der Waals surface area (Å²) < 4.78 is 15.1. The normalized spacial score (nSPS) is 10.9. The second-order valence-corrected chi connectivity index (χ2v) is 3.88. The van der Waals surface area contributed by atoms with E-state index < -0.39 is 11.8 Å². The first kappa shape index (κ1) is 10.1. The van der Waals surface area contributed by atoms with Crippen molar-refractivity contribution in [3.05, 3.63) is 33.9 Å². The van der Waals surface area contributed by atoms with Crippen molar-refractivity contribution in [1.29, 1.82) is 0 Å². The summed E-state index contributed by atoms with van der Waals surface area (Å²) in [5, 5.41) is 8.83. The van der Waals surface area contributed by atoms with Crippen LogP contribution >= 0.6 is 15.9 Å². The Hall–Kier alpha value is -1.43. The predicted octanol–water partition coefficient (Wildman–Crippen LogP) is 2.24. The van der Waals surface area contributed by atoms with Crippen LogP contribution in [0.25, 0.3) is 5.65 Å². The van der Waals surface area contributed by atoms with E-state index in [0.29, 0.717) is 10.0 Å². The van der Waals surface area contributed by atoms with Crippen LogP contribution in [0, 0.1) is 12.7 Å². The molecule has 0 aliphatic rings. The molecule has 0 unspecified atom stereocenters. The van der Waals surface area contributed by atoms with E-state index in [1.165, 1.54) is 10.6 Å². The summed E-state index contributed by atoms with van der Waals surface area (Å²) in [7, 11) is 0. The van der Waals surface area contributed by atoms with Gasteiger partial charge in [0, 0.05) is 6.20 Å². The summed E-state index contributed by atoms with van der Waals surface area (Å²) in [6.45, 7) is 1.68. The molecule has 0 radical (unpaired) electrons. The molecule has 2 rings (SSSR count). The molecule has 2 aromatic heterocycles. The van der Waals surface area contributed by atoms with Gasteiger partial charge < -0.3 is 5.11 Å². The van der Waals surface area contributed by atoms with E-state index in [4.69, 9.17) is 5.11 Å². The third-order valence-corrected chi connectivity index (χ3v) is 3.05. The van der Waals surface area contributed by atoms with Gasteiger partial charge in [0.2, 0.25) is 0 Å². The van der Waals surface area contributed by atoms with E-state index in [9.17, 15) is 9.18 Å². The molecule has 0 fully saturated rings. The molecule has 0 amide bonds. The first-order valence-corrected chi connectivity index (χ1v) is 4.86. The largest absolute Gasteiger partial charge is 0.477 e. The maximum absolute atomic E-state index is 13.6. The van der Waals surface area contributed by atoms with Crippen LogP contribution in [0.3, 0.4) is 0 Å². The number of hydrogen-bond donors (Lipinski definition) is 1. The fourth-order valence-corrected chi connectivity index (χ4v) is 1.61. The van der Waals surface area contributed by atoms with Gasteiger partial charge >= 0.3 is 5.97 Å². The minimum atomic E-state index is -1.14. The van der Waals surface area contributed by atoms with Crippen LogP contribution in [0.15, 0.2) is 16.9 Å². The number of carboxylic acids is 1. The Kier molecular flexibility index (Phi) is 2.22. The van der Waals surface area contributed by atoms with Crippen LogP contribution in [0.5, 0.6) is 0 Å². The number of carbonyl (C=O) groups is 1. The van der Waals surface area contributed by atoms with Gasteiger partial charge in [0.15, 0.2) is 17.2 Å². The van der Waals surface area contributed by atoms with Crippen molar-refractivity contribution in [3.63, 3.8) is 0 Å². The lowest BCUT2D eigenvalue weighted by Gasteiger charge is -2.03. The number of carboxylic acid groups (broad SMARTS) is 1. The van der Waals surface area contributed by atoms with Crippen molar-refractivity contribution in [1.82, 2.24) is 9.38 Å². The zero-order chi connectivity index (χ0) is 11.2. The minimum absolute atomic E-state index is 0.00451. The number of nitrogens with zero attached hydrogens (tertiary/aromatic N) is 2. The summed E-state index contributed by atoms with van der Waals surface area (Å²) in [5.41, 5.74) is 0.560. The highest BCUT2D eigenvalue weighted by Gasteiger charge is 2.16. The number of rotatable bonds is 1. The van der Waals surface area contributed by atoms with Gasteiger partial charge in [0.1, 0.15) is 0 Å². The number of pyridine rings is 1. The molecule has 0 saturated heterocycles. The molecule has 0 atom stereocenters. The van der Waals surface area contributed by atoms with Crippen molar-refractivity contribution >= 4 is 27.5 Å². The van der Waals surface area contributed by atoms with Crippen molar-refractivity contribution in [3.8, 4) is 0 Å². The zero-order valence-electron chi connectivity index (χ0n) is 7.66. The van der Waals surface area contributed by atoms with E-state index in [1.54, 1.807) is 6.92 Å². The SMILES string of the molecule is Cc1cn2c(C(=O)O)cnc2c(F)c1Br. The number of halogens is 2. The van der Waals surface area contributed by atoms with Gasteiger partial charge in [-0.15, -0.1) is 0 Å². The van der Waals surface area contributed by atoms with Gasteiger partial charge in [-0.25, -0.2) is 14.2 Å². The van der Waals surface area contributed by atoms with E-state index in [2.05, 4.69) is 20.9 Å². The van der Waals surface area contributed by atoms with Gasteiger partial charge in [0.05, 0.1) is 10.7 Å². The van der Waals surface area contributed by atoms with Crippen molar-refractivity contribution in [2.45, 2.75) is 6.92 Å². The molecule has 4 nitrogen and oxygen atoms in total. The molecule has 0 aliphatic heterocycles. The smallest absolute Gasteiger partial charge is 0.354 e. The maximum atomic E-state index is 13.6. The molecule has 0 aromatic carbocycles. The van der Waals surface area contributed by atoms with Crippen molar-refractivity contribution < 1.29 is 14.3 Å². The Bertz CT molecular complexity index is 565. The Morgan fingerprint density at radius 2 is 2.33 bits per heavy atom. The first-order valence-electron chi connectivity index (χ1n) is 4.07. The molecule has 2 heterocycles. The Morgan fingerprint density at radius 1 is 1.67 bits per heavy atom. The zero-order valence-corrected chi connectivity index (χ0v) is 9.25. The molecule has 0 saturated carbocycles. The van der Waals surface area contributed by atoms with E-state index >= 15 is 0 Å². The minimum Gasteiger partial charge on any atom is -0.477 e. The molecule has 78 valence electrons. The van der Waals surface area contributed by atoms with Gasteiger partial charge in [-0.3, -0.25) is 4.40 Å². The Balaban J connectivity index is 2.89. The summed E-state index contributed by atoms with van der Waals surface area (Å²) in [4.78, 5) is 14.5. The summed E-state index contributed by atoms with van der Waals surface area (Å²) in [5.74, 6) is -1.69. The van der Waals surface area contributed by atoms with Crippen LogP contribution in [0.4, 0.5) is 4.39 Å². The fourth-order valence-electron chi connectivity index (χ4n) is 1.33. The average molecular weight is 273 g/mol. The van der Waals surface area contributed by atoms with E-state index in [1.807, 2.05) is 0 Å². The second-order valence-electron chi connectivity index (χ2n) is 3.08. The number of imidazole rings is 1. The first-order chi connectivity index (χ1) is 7.02. The van der Waals surface area contributed by atoms with Gasteiger partial charge in [-0.2, -0.15) is 0 Å². The number of fused-ring (bicyclic) bond motifs is 1. The van der Waals surface area contributed by atoms with Crippen LogP contribution in [-0.2, 0) is 0 Å². The third-order valence-electron chi connectivity index (χ3n) is 2.07. The van der Waals surface area contributed by atoms with Crippen LogP contribution < -0.4 is 0 Å². The maximum Gasteiger partial charge on any atom is 0.354 e. The molecular formula is C9H6BrFN2O2. The van der Waals surface area contributed by atoms with Gasteiger partial charge in [0.25, 0.3) is 0 Å². The van der Waals surface area contributed by atoms with Crippen LogP contribution in [-0.4, -0.2) is 20.5 Å². The molecule has 1 N–H and O–H groups in total. The highest BCUT2D eigenvalue weighted by molar-refractivity contribution is 9.10. The molecule has 15 heavy (non-hydrogen) atoms. The Labute approximate surface area is 92.5 Å². The van der Waals surface area contributed by atoms with Crippen molar-refractivity contribution in [2.75, 3.05) is 0 Å². The second kappa shape index (κ2) is 3.30. The summed E-state index contributed by atoms with van der Waals surface area (Å²) >= 11 is 3.07. The van der Waals surface area contributed by atoms with Crippen LogP contribution in [0.2, 0.25) is 0 Å². The lowest BCUT2D eigenvalue weighted by atomic mass is 10.3. The molecule has 6 heteroatoms. The summed E-state index contributed by atoms with van der Waals surface area (Å²) in [6, 6.07) is 0. The van der Waals surface area contributed by atoms with Crippen molar-refractivity contribution in [2.24, 2.45) is 0 Å². The van der Waals surface area contributed by atoms with Gasteiger partial charge in [-0.05, 0) is 28.4 Å². The average Bonchev–Trinajstić information content (AvgIpc) is 2.58. The summed E-state index contributed by atoms with van der Waals surface area (Å²) in [6.07, 6.45) is 2.66. The number of aryl methyl sites for hydroxylation is 1. The molecule has 0 bridgehead atoms. The Morgan fingerprint density at radius 3 is 2.93 bits per heavy atom. The third kappa shape index (κ3) is 1.41. The van der Waals surface area contributed by atoms with Gasteiger partial charge in [-0.1, -0.05) is 0 Å². The highest BCUT2D eigenvalue weighted by Crippen LogP contribution is 2.24.